The van der Waals surface area contributed by atoms with Crippen molar-refractivity contribution >= 4 is 34.2 Å². The SMILES string of the molecule is C[C@@H](C(=O)Nc1nc(-c2ccc(-c3ccccc3)cc2)cs1)N1C(=O)[C@H]2CC=CC[C@H]2C1=O. The van der Waals surface area contributed by atoms with Crippen LogP contribution in [0.1, 0.15) is 19.8 Å². The second-order valence-corrected chi connectivity index (χ2v) is 9.21. The molecule has 7 heteroatoms. The lowest BCUT2D eigenvalue weighted by molar-refractivity contribution is -0.146. The summed E-state index contributed by atoms with van der Waals surface area (Å²) >= 11 is 1.31. The van der Waals surface area contributed by atoms with E-state index in [-0.39, 0.29) is 23.7 Å². The minimum Gasteiger partial charge on any atom is -0.300 e. The summed E-state index contributed by atoms with van der Waals surface area (Å²) < 4.78 is 0. The zero-order valence-electron chi connectivity index (χ0n) is 18.1. The lowest BCUT2D eigenvalue weighted by Crippen LogP contribution is -2.46. The molecule has 1 aliphatic carbocycles. The van der Waals surface area contributed by atoms with Crippen molar-refractivity contribution in [1.29, 1.82) is 0 Å². The van der Waals surface area contributed by atoms with Crippen molar-refractivity contribution in [3.8, 4) is 22.4 Å². The Morgan fingerprint density at radius 2 is 1.52 bits per heavy atom. The summed E-state index contributed by atoms with van der Waals surface area (Å²) in [6.07, 6.45) is 4.98. The van der Waals surface area contributed by atoms with Crippen LogP contribution in [0.2, 0.25) is 0 Å². The molecule has 1 saturated heterocycles. The molecule has 33 heavy (non-hydrogen) atoms. The zero-order chi connectivity index (χ0) is 22.9. The number of carbonyl (C=O) groups excluding carboxylic acids is 3. The number of likely N-dealkylation sites (tertiary alicyclic amines) is 1. The molecule has 0 unspecified atom stereocenters. The van der Waals surface area contributed by atoms with Crippen LogP contribution in [0, 0.1) is 11.8 Å². The van der Waals surface area contributed by atoms with E-state index in [0.717, 1.165) is 27.3 Å². The Labute approximate surface area is 196 Å². The van der Waals surface area contributed by atoms with E-state index in [0.29, 0.717) is 18.0 Å². The Kier molecular flexibility index (Phi) is 5.64. The third kappa shape index (κ3) is 4.00. The van der Waals surface area contributed by atoms with Gasteiger partial charge in [0.15, 0.2) is 5.13 Å². The number of hydrogen-bond donors (Lipinski definition) is 1. The van der Waals surface area contributed by atoms with Crippen LogP contribution < -0.4 is 5.32 Å². The number of carbonyl (C=O) groups is 3. The molecule has 0 saturated carbocycles. The van der Waals surface area contributed by atoms with Crippen molar-refractivity contribution in [2.75, 3.05) is 5.32 Å². The van der Waals surface area contributed by atoms with Crippen LogP contribution in [0.5, 0.6) is 0 Å². The smallest absolute Gasteiger partial charge is 0.249 e. The monoisotopic (exact) mass is 457 g/mol. The average Bonchev–Trinajstić information content (AvgIpc) is 3.42. The minimum atomic E-state index is -0.881. The van der Waals surface area contributed by atoms with E-state index in [4.69, 9.17) is 0 Å². The van der Waals surface area contributed by atoms with Gasteiger partial charge < -0.3 is 5.32 Å². The standard InChI is InChI=1S/C26H23N3O3S/c1-16(29-24(31)20-9-5-6-10-21(20)25(29)32)23(30)28-26-27-22(15-33-26)19-13-11-18(12-14-19)17-7-3-2-4-8-17/h2-8,11-16,20-21H,9-10H2,1H3,(H,27,28,30)/t16-,20-,21+/m0/s1. The van der Waals surface area contributed by atoms with E-state index < -0.39 is 11.9 Å². The van der Waals surface area contributed by atoms with E-state index in [1.807, 2.05) is 60.0 Å². The van der Waals surface area contributed by atoms with Gasteiger partial charge in [0.05, 0.1) is 17.5 Å². The van der Waals surface area contributed by atoms with E-state index in [2.05, 4.69) is 22.4 Å². The van der Waals surface area contributed by atoms with Crippen molar-refractivity contribution in [3.63, 3.8) is 0 Å². The highest BCUT2D eigenvalue weighted by atomic mass is 32.1. The van der Waals surface area contributed by atoms with Gasteiger partial charge in [-0.25, -0.2) is 4.98 Å². The summed E-state index contributed by atoms with van der Waals surface area (Å²) in [6, 6.07) is 17.3. The fraction of sp³-hybridized carbons (Fsp3) is 0.231. The maximum absolute atomic E-state index is 12.8. The number of hydrogen-bond acceptors (Lipinski definition) is 5. The number of fused-ring (bicyclic) bond motifs is 1. The summed E-state index contributed by atoms with van der Waals surface area (Å²) in [6.45, 7) is 1.59. The summed E-state index contributed by atoms with van der Waals surface area (Å²) in [7, 11) is 0. The Morgan fingerprint density at radius 1 is 0.939 bits per heavy atom. The van der Waals surface area contributed by atoms with Gasteiger partial charge in [-0.05, 0) is 30.9 Å². The third-order valence-electron chi connectivity index (χ3n) is 6.33. The molecule has 5 rings (SSSR count). The summed E-state index contributed by atoms with van der Waals surface area (Å²) in [5.41, 5.74) is 3.97. The number of amides is 3. The zero-order valence-corrected chi connectivity index (χ0v) is 18.9. The van der Waals surface area contributed by atoms with Crippen molar-refractivity contribution in [1.82, 2.24) is 9.88 Å². The normalized spacial score (nSPS) is 20.6. The molecule has 3 aromatic rings. The molecule has 2 heterocycles. The van der Waals surface area contributed by atoms with Crippen LogP contribution >= 0.6 is 11.3 Å². The van der Waals surface area contributed by atoms with Gasteiger partial charge in [-0.2, -0.15) is 0 Å². The van der Waals surface area contributed by atoms with Crippen LogP contribution in [-0.2, 0) is 14.4 Å². The summed E-state index contributed by atoms with van der Waals surface area (Å²) in [5, 5.41) is 5.09. The minimum absolute atomic E-state index is 0.254. The number of imide groups is 1. The van der Waals surface area contributed by atoms with Gasteiger partial charge in [0.25, 0.3) is 0 Å². The maximum atomic E-state index is 12.8. The average molecular weight is 458 g/mol. The molecule has 1 fully saturated rings. The first-order valence-corrected chi connectivity index (χ1v) is 11.8. The first-order chi connectivity index (χ1) is 16.0. The predicted molar refractivity (Wildman–Crippen MR) is 128 cm³/mol. The maximum Gasteiger partial charge on any atom is 0.249 e. The van der Waals surface area contributed by atoms with Crippen molar-refractivity contribution in [3.05, 3.63) is 72.1 Å². The molecule has 6 nitrogen and oxygen atoms in total. The Morgan fingerprint density at radius 3 is 2.15 bits per heavy atom. The second kappa shape index (κ2) is 8.75. The highest BCUT2D eigenvalue weighted by Gasteiger charge is 2.50. The van der Waals surface area contributed by atoms with Crippen molar-refractivity contribution in [2.24, 2.45) is 11.8 Å². The molecule has 166 valence electrons. The molecule has 1 aliphatic heterocycles. The third-order valence-corrected chi connectivity index (χ3v) is 7.09. The van der Waals surface area contributed by atoms with Gasteiger partial charge in [-0.15, -0.1) is 11.3 Å². The number of benzene rings is 2. The predicted octanol–water partition coefficient (Wildman–Crippen LogP) is 4.76. The molecule has 2 aliphatic rings. The molecule has 3 atom stereocenters. The van der Waals surface area contributed by atoms with Gasteiger partial charge in [0.2, 0.25) is 17.7 Å². The van der Waals surface area contributed by atoms with Crippen LogP contribution in [0.15, 0.2) is 72.1 Å². The largest absolute Gasteiger partial charge is 0.300 e. The van der Waals surface area contributed by atoms with Gasteiger partial charge in [0, 0.05) is 10.9 Å². The molecule has 1 aromatic heterocycles. The van der Waals surface area contributed by atoms with Crippen molar-refractivity contribution < 1.29 is 14.4 Å². The molecule has 2 aromatic carbocycles. The summed E-state index contributed by atoms with van der Waals surface area (Å²) in [5.74, 6) is -1.61. The van der Waals surface area contributed by atoms with E-state index >= 15 is 0 Å². The Bertz CT molecular complexity index is 1210. The quantitative estimate of drug-likeness (QED) is 0.443. The van der Waals surface area contributed by atoms with Crippen LogP contribution in [0.3, 0.4) is 0 Å². The fourth-order valence-electron chi connectivity index (χ4n) is 4.46. The first kappa shape index (κ1) is 21.3. The molecule has 0 spiro atoms. The molecular weight excluding hydrogens is 434 g/mol. The first-order valence-electron chi connectivity index (χ1n) is 11.0. The van der Waals surface area contributed by atoms with Gasteiger partial charge in [0.1, 0.15) is 6.04 Å². The highest BCUT2D eigenvalue weighted by Crippen LogP contribution is 2.36. The van der Waals surface area contributed by atoms with Crippen LogP contribution in [-0.4, -0.2) is 33.6 Å². The fourth-order valence-corrected chi connectivity index (χ4v) is 5.19. The number of thiazole rings is 1. The van der Waals surface area contributed by atoms with Crippen molar-refractivity contribution in [2.45, 2.75) is 25.8 Å². The molecule has 1 N–H and O–H groups in total. The number of nitrogens with one attached hydrogen (secondary N) is 1. The lowest BCUT2D eigenvalue weighted by atomic mass is 9.85. The Hall–Kier alpha value is -3.58. The van der Waals surface area contributed by atoms with Gasteiger partial charge in [-0.3, -0.25) is 19.3 Å². The number of allylic oxidation sites excluding steroid dienone is 2. The van der Waals surface area contributed by atoms with Gasteiger partial charge in [-0.1, -0.05) is 66.7 Å². The van der Waals surface area contributed by atoms with E-state index in [1.54, 1.807) is 6.92 Å². The number of rotatable bonds is 5. The van der Waals surface area contributed by atoms with E-state index in [9.17, 15) is 14.4 Å². The Balaban J connectivity index is 1.26. The number of nitrogens with zero attached hydrogens (tertiary/aromatic N) is 2. The summed E-state index contributed by atoms with van der Waals surface area (Å²) in [4.78, 5) is 44.0. The topological polar surface area (TPSA) is 79.4 Å². The van der Waals surface area contributed by atoms with Crippen LogP contribution in [0.4, 0.5) is 5.13 Å². The molecule has 3 amide bonds. The molecular formula is C26H23N3O3S. The van der Waals surface area contributed by atoms with Crippen LogP contribution in [0.25, 0.3) is 22.4 Å². The van der Waals surface area contributed by atoms with Gasteiger partial charge >= 0.3 is 0 Å². The second-order valence-electron chi connectivity index (χ2n) is 8.35. The molecule has 0 bridgehead atoms. The number of aromatic nitrogens is 1. The lowest BCUT2D eigenvalue weighted by Gasteiger charge is -2.21. The van der Waals surface area contributed by atoms with E-state index in [1.165, 1.54) is 11.3 Å². The number of anilines is 1. The molecule has 0 radical (unpaired) electrons. The highest BCUT2D eigenvalue weighted by molar-refractivity contribution is 7.14.